The van der Waals surface area contributed by atoms with Gasteiger partial charge >= 0.3 is 0 Å². The smallest absolute Gasteiger partial charge is 0.127 e. The predicted octanol–water partition coefficient (Wildman–Crippen LogP) is 7.46. The van der Waals surface area contributed by atoms with E-state index in [1.165, 1.54) is 0 Å². The van der Waals surface area contributed by atoms with E-state index in [-0.39, 0.29) is 0 Å². The minimum Gasteiger partial charge on any atom is -0.489 e. The zero-order valence-electron chi connectivity index (χ0n) is 16.2. The van der Waals surface area contributed by atoms with Crippen LogP contribution in [0.25, 0.3) is 0 Å². The van der Waals surface area contributed by atoms with Gasteiger partial charge in [0.15, 0.2) is 0 Å². The van der Waals surface area contributed by atoms with Crippen LogP contribution in [0.2, 0.25) is 5.02 Å². The minimum atomic E-state index is 0.478. The summed E-state index contributed by atoms with van der Waals surface area (Å²) in [6.07, 6.45) is 1.83. The summed E-state index contributed by atoms with van der Waals surface area (Å²) in [5.74, 6) is 2.39. The summed E-state index contributed by atoms with van der Waals surface area (Å²) in [5, 5.41) is 0.710. The van der Waals surface area contributed by atoms with Gasteiger partial charge in [-0.05, 0) is 83.9 Å². The van der Waals surface area contributed by atoms with Crippen LogP contribution in [0.4, 0.5) is 5.69 Å². The number of ether oxygens (including phenoxy) is 2. The third-order valence-corrected chi connectivity index (χ3v) is 4.59. The molecule has 0 bridgehead atoms. The Labute approximate surface area is 181 Å². The van der Waals surface area contributed by atoms with Crippen LogP contribution in [0.5, 0.6) is 17.2 Å². The van der Waals surface area contributed by atoms with Gasteiger partial charge in [0, 0.05) is 11.2 Å². The molecule has 0 aliphatic rings. The first-order valence-corrected chi connectivity index (χ1v) is 9.97. The van der Waals surface area contributed by atoms with E-state index in [9.17, 15) is 0 Å². The number of para-hydroxylation sites is 1. The van der Waals surface area contributed by atoms with Crippen LogP contribution in [-0.2, 0) is 6.61 Å². The number of aliphatic imine (C=N–C) groups is 1. The van der Waals surface area contributed by atoms with Crippen molar-refractivity contribution in [3.63, 3.8) is 0 Å². The SMILES string of the molecule is Clc1cccc(COc2ccc(C=Nc3ccc(Oc4ccccc4)cc3)cc2)c1. The van der Waals surface area contributed by atoms with E-state index in [2.05, 4.69) is 4.99 Å². The van der Waals surface area contributed by atoms with Crippen LogP contribution in [0.3, 0.4) is 0 Å². The van der Waals surface area contributed by atoms with E-state index in [1.54, 1.807) is 0 Å². The molecule has 4 rings (SSSR count). The zero-order valence-corrected chi connectivity index (χ0v) is 17.0. The quantitative estimate of drug-likeness (QED) is 0.294. The maximum atomic E-state index is 6.00. The second kappa shape index (κ2) is 9.77. The molecule has 0 aliphatic carbocycles. The zero-order chi connectivity index (χ0) is 20.6. The molecule has 148 valence electrons. The molecular formula is C26H20ClNO2. The van der Waals surface area contributed by atoms with Crippen molar-refractivity contribution in [1.82, 2.24) is 0 Å². The first-order valence-electron chi connectivity index (χ1n) is 9.59. The summed E-state index contributed by atoms with van der Waals surface area (Å²) in [6, 6.07) is 32.9. The van der Waals surface area contributed by atoms with Gasteiger partial charge in [-0.15, -0.1) is 0 Å². The lowest BCUT2D eigenvalue weighted by Gasteiger charge is -2.07. The molecule has 0 radical (unpaired) electrons. The Bertz CT molecular complexity index is 1110. The molecule has 0 fully saturated rings. The summed E-state index contributed by atoms with van der Waals surface area (Å²) >= 11 is 6.00. The lowest BCUT2D eigenvalue weighted by Crippen LogP contribution is -1.95. The number of hydrogen-bond acceptors (Lipinski definition) is 3. The predicted molar refractivity (Wildman–Crippen MR) is 122 cm³/mol. The normalized spacial score (nSPS) is 10.8. The molecule has 30 heavy (non-hydrogen) atoms. The largest absolute Gasteiger partial charge is 0.489 e. The van der Waals surface area contributed by atoms with E-state index in [0.717, 1.165) is 34.1 Å². The number of nitrogens with zero attached hydrogens (tertiary/aromatic N) is 1. The summed E-state index contributed by atoms with van der Waals surface area (Å²) in [5.41, 5.74) is 2.89. The molecule has 0 saturated heterocycles. The number of benzene rings is 4. The highest BCUT2D eigenvalue weighted by Gasteiger charge is 1.99. The Hall–Kier alpha value is -3.56. The number of halogens is 1. The fourth-order valence-corrected chi connectivity index (χ4v) is 3.03. The van der Waals surface area contributed by atoms with E-state index in [1.807, 2.05) is 109 Å². The average molecular weight is 414 g/mol. The summed E-state index contributed by atoms with van der Waals surface area (Å²) < 4.78 is 11.6. The van der Waals surface area contributed by atoms with Crippen LogP contribution in [0.15, 0.2) is 108 Å². The second-order valence-corrected chi connectivity index (χ2v) is 7.09. The van der Waals surface area contributed by atoms with E-state index >= 15 is 0 Å². The van der Waals surface area contributed by atoms with Gasteiger partial charge in [0.25, 0.3) is 0 Å². The molecule has 0 saturated carbocycles. The highest BCUT2D eigenvalue weighted by molar-refractivity contribution is 6.30. The molecule has 3 nitrogen and oxygen atoms in total. The van der Waals surface area contributed by atoms with E-state index in [0.29, 0.717) is 11.6 Å². The van der Waals surface area contributed by atoms with Crippen molar-refractivity contribution < 1.29 is 9.47 Å². The van der Waals surface area contributed by atoms with Gasteiger partial charge in [0.2, 0.25) is 0 Å². The van der Waals surface area contributed by atoms with Gasteiger partial charge in [-0.3, -0.25) is 4.99 Å². The highest BCUT2D eigenvalue weighted by Crippen LogP contribution is 2.24. The summed E-state index contributed by atoms with van der Waals surface area (Å²) in [6.45, 7) is 0.478. The van der Waals surface area contributed by atoms with Crippen LogP contribution >= 0.6 is 11.6 Å². The van der Waals surface area contributed by atoms with Crippen LogP contribution in [0, 0.1) is 0 Å². The molecule has 4 aromatic carbocycles. The highest BCUT2D eigenvalue weighted by atomic mass is 35.5. The van der Waals surface area contributed by atoms with Crippen molar-refractivity contribution in [3.8, 4) is 17.2 Å². The molecule has 0 aliphatic heterocycles. The topological polar surface area (TPSA) is 30.8 Å². The standard InChI is InChI=1S/C26H20ClNO2/c27-22-6-4-5-21(17-22)19-29-24-13-9-20(10-14-24)18-28-23-11-15-26(16-12-23)30-25-7-2-1-3-8-25/h1-18H,19H2. The Kier molecular flexibility index (Phi) is 6.43. The van der Waals surface area contributed by atoms with Gasteiger partial charge in [-0.1, -0.05) is 41.9 Å². The van der Waals surface area contributed by atoms with Crippen LogP contribution in [-0.4, -0.2) is 6.21 Å². The Morgan fingerprint density at radius 3 is 2.13 bits per heavy atom. The molecule has 0 unspecified atom stereocenters. The van der Waals surface area contributed by atoms with Gasteiger partial charge in [-0.25, -0.2) is 0 Å². The van der Waals surface area contributed by atoms with E-state index in [4.69, 9.17) is 21.1 Å². The van der Waals surface area contributed by atoms with Gasteiger partial charge < -0.3 is 9.47 Å². The first kappa shape index (κ1) is 19.7. The van der Waals surface area contributed by atoms with Crippen molar-refractivity contribution >= 4 is 23.5 Å². The van der Waals surface area contributed by atoms with Crippen molar-refractivity contribution in [2.75, 3.05) is 0 Å². The maximum absolute atomic E-state index is 6.00. The first-order chi connectivity index (χ1) is 14.7. The third kappa shape index (κ3) is 5.72. The molecule has 4 heteroatoms. The Morgan fingerprint density at radius 2 is 1.40 bits per heavy atom. The lowest BCUT2D eigenvalue weighted by molar-refractivity contribution is 0.306. The lowest BCUT2D eigenvalue weighted by atomic mass is 10.2. The van der Waals surface area contributed by atoms with Gasteiger partial charge in [0.05, 0.1) is 5.69 Å². The van der Waals surface area contributed by atoms with Gasteiger partial charge in [0.1, 0.15) is 23.9 Å². The molecule has 0 spiro atoms. The monoisotopic (exact) mass is 413 g/mol. The molecule has 0 aromatic heterocycles. The Balaban J connectivity index is 1.32. The molecular weight excluding hydrogens is 394 g/mol. The second-order valence-electron chi connectivity index (χ2n) is 6.65. The molecule has 0 atom stereocenters. The Morgan fingerprint density at radius 1 is 0.700 bits per heavy atom. The summed E-state index contributed by atoms with van der Waals surface area (Å²) in [4.78, 5) is 4.52. The van der Waals surface area contributed by atoms with Crippen molar-refractivity contribution in [1.29, 1.82) is 0 Å². The number of hydrogen-bond donors (Lipinski definition) is 0. The summed E-state index contributed by atoms with van der Waals surface area (Å²) in [7, 11) is 0. The third-order valence-electron chi connectivity index (χ3n) is 4.35. The molecule has 0 heterocycles. The van der Waals surface area contributed by atoms with Crippen molar-refractivity contribution in [2.45, 2.75) is 6.61 Å². The van der Waals surface area contributed by atoms with Crippen LogP contribution in [0.1, 0.15) is 11.1 Å². The van der Waals surface area contributed by atoms with Crippen LogP contribution < -0.4 is 9.47 Å². The average Bonchev–Trinajstić information content (AvgIpc) is 2.79. The van der Waals surface area contributed by atoms with Gasteiger partial charge in [-0.2, -0.15) is 0 Å². The number of rotatable bonds is 7. The van der Waals surface area contributed by atoms with E-state index < -0.39 is 0 Å². The molecule has 4 aromatic rings. The van der Waals surface area contributed by atoms with Crippen molar-refractivity contribution in [2.24, 2.45) is 4.99 Å². The fourth-order valence-electron chi connectivity index (χ4n) is 2.82. The molecule has 0 N–H and O–H groups in total. The minimum absolute atomic E-state index is 0.478. The molecule has 0 amide bonds. The fraction of sp³-hybridized carbons (Fsp3) is 0.0385. The van der Waals surface area contributed by atoms with Crippen molar-refractivity contribution in [3.05, 3.63) is 119 Å². The maximum Gasteiger partial charge on any atom is 0.127 e.